The lowest BCUT2D eigenvalue weighted by Gasteiger charge is -2.19. The molecule has 0 bridgehead atoms. The summed E-state index contributed by atoms with van der Waals surface area (Å²) in [7, 11) is 1.62. The van der Waals surface area contributed by atoms with E-state index in [0.29, 0.717) is 16.9 Å². The Morgan fingerprint density at radius 3 is 2.28 bits per heavy atom. The standard InChI is InChI=1S/C22H26N2O4S/c1-22(2,3)16-7-11-19(12-8-16)27-13-17(25)14-29-21-24-23-20(28-21)15-5-9-18(26-4)10-6-15/h5-12,17,25H,13-14H2,1-4H3/t17-/m0/s1. The Hall–Kier alpha value is -2.51. The number of nitrogens with zero attached hydrogens (tertiary/aromatic N) is 2. The van der Waals surface area contributed by atoms with E-state index in [1.54, 1.807) is 7.11 Å². The molecule has 0 aliphatic carbocycles. The van der Waals surface area contributed by atoms with Crippen LogP contribution in [0.2, 0.25) is 0 Å². The molecule has 3 aromatic rings. The van der Waals surface area contributed by atoms with E-state index in [1.807, 2.05) is 36.4 Å². The van der Waals surface area contributed by atoms with Crippen molar-refractivity contribution in [2.24, 2.45) is 0 Å². The lowest BCUT2D eigenvalue weighted by molar-refractivity contribution is 0.126. The summed E-state index contributed by atoms with van der Waals surface area (Å²) < 4.78 is 16.5. The van der Waals surface area contributed by atoms with E-state index >= 15 is 0 Å². The highest BCUT2D eigenvalue weighted by molar-refractivity contribution is 7.99. The summed E-state index contributed by atoms with van der Waals surface area (Å²) >= 11 is 1.30. The van der Waals surface area contributed by atoms with Crippen LogP contribution in [0.25, 0.3) is 11.5 Å². The summed E-state index contributed by atoms with van der Waals surface area (Å²) in [6, 6.07) is 15.3. The molecule has 0 fully saturated rings. The van der Waals surface area contributed by atoms with Crippen LogP contribution in [-0.4, -0.2) is 40.9 Å². The Bertz CT molecular complexity index is 902. The van der Waals surface area contributed by atoms with Gasteiger partial charge in [0.25, 0.3) is 5.22 Å². The van der Waals surface area contributed by atoms with Gasteiger partial charge in [0.05, 0.1) is 13.2 Å². The molecule has 0 saturated carbocycles. The van der Waals surface area contributed by atoms with Crippen LogP contribution in [0.4, 0.5) is 0 Å². The third kappa shape index (κ3) is 5.98. The topological polar surface area (TPSA) is 77.6 Å². The highest BCUT2D eigenvalue weighted by Gasteiger charge is 2.14. The molecule has 0 spiro atoms. The van der Waals surface area contributed by atoms with Crippen LogP contribution in [0, 0.1) is 0 Å². The first-order valence-electron chi connectivity index (χ1n) is 9.37. The molecular weight excluding hydrogens is 388 g/mol. The Kier molecular flexibility index (Phi) is 6.82. The second-order valence-electron chi connectivity index (χ2n) is 7.65. The van der Waals surface area contributed by atoms with E-state index in [0.717, 1.165) is 17.1 Å². The minimum Gasteiger partial charge on any atom is -0.497 e. The van der Waals surface area contributed by atoms with Crippen LogP contribution in [0.3, 0.4) is 0 Å². The number of thioether (sulfide) groups is 1. The normalized spacial score (nSPS) is 12.6. The van der Waals surface area contributed by atoms with Crippen molar-refractivity contribution in [1.29, 1.82) is 0 Å². The summed E-state index contributed by atoms with van der Waals surface area (Å²) in [6.45, 7) is 6.70. The number of aromatic nitrogens is 2. The Morgan fingerprint density at radius 2 is 1.66 bits per heavy atom. The summed E-state index contributed by atoms with van der Waals surface area (Å²) in [6.07, 6.45) is -0.654. The van der Waals surface area contributed by atoms with Gasteiger partial charge in [-0.05, 0) is 47.4 Å². The van der Waals surface area contributed by atoms with Crippen molar-refractivity contribution in [3.63, 3.8) is 0 Å². The second kappa shape index (κ2) is 9.33. The minimum atomic E-state index is -0.654. The molecule has 0 amide bonds. The molecular formula is C22H26N2O4S. The molecule has 0 saturated heterocycles. The second-order valence-corrected chi connectivity index (χ2v) is 8.62. The van der Waals surface area contributed by atoms with Crippen molar-refractivity contribution in [3.05, 3.63) is 54.1 Å². The van der Waals surface area contributed by atoms with Crippen LogP contribution in [-0.2, 0) is 5.41 Å². The molecule has 1 heterocycles. The van der Waals surface area contributed by atoms with Crippen molar-refractivity contribution in [2.45, 2.75) is 37.5 Å². The number of methoxy groups -OCH3 is 1. The summed E-state index contributed by atoms with van der Waals surface area (Å²) in [4.78, 5) is 0. The quantitative estimate of drug-likeness (QED) is 0.541. The lowest BCUT2D eigenvalue weighted by Crippen LogP contribution is -2.20. The molecule has 1 N–H and O–H groups in total. The van der Waals surface area contributed by atoms with Crippen LogP contribution in [0.15, 0.2) is 58.2 Å². The molecule has 1 aromatic heterocycles. The average Bonchev–Trinajstić information content (AvgIpc) is 3.19. The first-order chi connectivity index (χ1) is 13.8. The van der Waals surface area contributed by atoms with Gasteiger partial charge in [0.1, 0.15) is 18.1 Å². The predicted octanol–water partition coefficient (Wildman–Crippen LogP) is 4.57. The average molecular weight is 415 g/mol. The van der Waals surface area contributed by atoms with Gasteiger partial charge < -0.3 is 19.0 Å². The third-order valence-corrected chi connectivity index (χ3v) is 5.27. The number of ether oxygens (including phenoxy) is 2. The Balaban J connectivity index is 1.47. The van der Waals surface area contributed by atoms with Gasteiger partial charge in [-0.15, -0.1) is 10.2 Å². The molecule has 0 radical (unpaired) electrons. The van der Waals surface area contributed by atoms with Gasteiger partial charge in [0.2, 0.25) is 5.89 Å². The van der Waals surface area contributed by atoms with Crippen molar-refractivity contribution in [3.8, 4) is 23.0 Å². The molecule has 0 aliphatic heterocycles. The molecule has 2 aromatic carbocycles. The Labute approximate surface area is 175 Å². The fourth-order valence-electron chi connectivity index (χ4n) is 2.58. The van der Waals surface area contributed by atoms with Gasteiger partial charge in [-0.1, -0.05) is 44.7 Å². The fourth-order valence-corrected chi connectivity index (χ4v) is 3.25. The number of hydrogen-bond donors (Lipinski definition) is 1. The maximum Gasteiger partial charge on any atom is 0.276 e. The molecule has 7 heteroatoms. The highest BCUT2D eigenvalue weighted by atomic mass is 32.2. The lowest BCUT2D eigenvalue weighted by atomic mass is 9.87. The van der Waals surface area contributed by atoms with Gasteiger partial charge in [0, 0.05) is 11.3 Å². The monoisotopic (exact) mass is 414 g/mol. The Morgan fingerprint density at radius 1 is 1.00 bits per heavy atom. The zero-order valence-electron chi connectivity index (χ0n) is 17.1. The molecule has 6 nitrogen and oxygen atoms in total. The van der Waals surface area contributed by atoms with Crippen LogP contribution < -0.4 is 9.47 Å². The zero-order valence-corrected chi connectivity index (χ0v) is 17.9. The zero-order chi connectivity index (χ0) is 20.9. The van der Waals surface area contributed by atoms with E-state index < -0.39 is 6.10 Å². The van der Waals surface area contributed by atoms with Gasteiger partial charge in [0.15, 0.2) is 0 Å². The molecule has 29 heavy (non-hydrogen) atoms. The molecule has 0 unspecified atom stereocenters. The largest absolute Gasteiger partial charge is 0.497 e. The molecule has 3 rings (SSSR count). The maximum atomic E-state index is 10.2. The predicted molar refractivity (Wildman–Crippen MR) is 114 cm³/mol. The smallest absolute Gasteiger partial charge is 0.276 e. The summed E-state index contributed by atoms with van der Waals surface area (Å²) in [5, 5.41) is 18.7. The fraction of sp³-hybridized carbons (Fsp3) is 0.364. The summed E-state index contributed by atoms with van der Waals surface area (Å²) in [5.41, 5.74) is 2.15. The minimum absolute atomic E-state index is 0.101. The molecule has 154 valence electrons. The number of hydrogen-bond acceptors (Lipinski definition) is 7. The number of aliphatic hydroxyl groups is 1. The van der Waals surface area contributed by atoms with Gasteiger partial charge in [-0.2, -0.15) is 0 Å². The molecule has 0 aliphatic rings. The van der Waals surface area contributed by atoms with Crippen molar-refractivity contribution in [1.82, 2.24) is 10.2 Å². The first kappa shape index (κ1) is 21.2. The van der Waals surface area contributed by atoms with E-state index in [-0.39, 0.29) is 12.0 Å². The first-order valence-corrected chi connectivity index (χ1v) is 10.4. The van der Waals surface area contributed by atoms with Gasteiger partial charge in [-0.25, -0.2) is 0 Å². The van der Waals surface area contributed by atoms with E-state index in [2.05, 4.69) is 43.1 Å². The van der Waals surface area contributed by atoms with Crippen LogP contribution >= 0.6 is 11.8 Å². The highest BCUT2D eigenvalue weighted by Crippen LogP contribution is 2.26. The van der Waals surface area contributed by atoms with Gasteiger partial charge in [-0.3, -0.25) is 0 Å². The number of benzene rings is 2. The maximum absolute atomic E-state index is 10.2. The van der Waals surface area contributed by atoms with E-state index in [1.165, 1.54) is 17.3 Å². The van der Waals surface area contributed by atoms with Crippen LogP contribution in [0.1, 0.15) is 26.3 Å². The third-order valence-electron chi connectivity index (χ3n) is 4.31. The van der Waals surface area contributed by atoms with E-state index in [4.69, 9.17) is 13.9 Å². The summed E-state index contributed by atoms with van der Waals surface area (Å²) in [5.74, 6) is 2.32. The number of aliphatic hydroxyl groups excluding tert-OH is 1. The van der Waals surface area contributed by atoms with Crippen LogP contribution in [0.5, 0.6) is 11.5 Å². The number of rotatable bonds is 8. The van der Waals surface area contributed by atoms with Gasteiger partial charge >= 0.3 is 0 Å². The van der Waals surface area contributed by atoms with Crippen molar-refractivity contribution >= 4 is 11.8 Å². The van der Waals surface area contributed by atoms with Crippen molar-refractivity contribution < 1.29 is 19.0 Å². The van der Waals surface area contributed by atoms with E-state index in [9.17, 15) is 5.11 Å². The SMILES string of the molecule is COc1ccc(-c2nnc(SC[C@@H](O)COc3ccc(C(C)(C)C)cc3)o2)cc1. The molecule has 1 atom stereocenters. The van der Waals surface area contributed by atoms with Crippen molar-refractivity contribution in [2.75, 3.05) is 19.5 Å².